The van der Waals surface area contributed by atoms with Crippen LogP contribution in [0.15, 0.2) is 53.6 Å². The number of thioether (sulfide) groups is 1. The lowest BCUT2D eigenvalue weighted by Gasteiger charge is -2.29. The van der Waals surface area contributed by atoms with Crippen LogP contribution in [0.3, 0.4) is 0 Å². The fraction of sp³-hybridized carbons (Fsp3) is 0.250. The van der Waals surface area contributed by atoms with Gasteiger partial charge in [-0.25, -0.2) is 19.2 Å². The highest BCUT2D eigenvalue weighted by Crippen LogP contribution is 2.30. The molecule has 1 saturated heterocycles. The number of urea groups is 1. The van der Waals surface area contributed by atoms with Gasteiger partial charge < -0.3 is 25.6 Å². The van der Waals surface area contributed by atoms with E-state index in [2.05, 4.69) is 30.8 Å². The number of nitrogens with one attached hydrogen (secondary N) is 3. The largest absolute Gasteiger partial charge is 0.378 e. The van der Waals surface area contributed by atoms with Gasteiger partial charge in [0.25, 0.3) is 0 Å². The Kier molecular flexibility index (Phi) is 7.78. The summed E-state index contributed by atoms with van der Waals surface area (Å²) in [7, 11) is 0. The van der Waals surface area contributed by atoms with E-state index in [9.17, 15) is 14.0 Å². The number of benzene rings is 2. The third-order valence-electron chi connectivity index (χ3n) is 5.20. The van der Waals surface area contributed by atoms with Crippen LogP contribution in [0.1, 0.15) is 6.92 Å². The minimum Gasteiger partial charge on any atom is -0.378 e. The topological polar surface area (TPSA) is 108 Å². The lowest BCUT2D eigenvalue weighted by molar-refractivity contribution is -0.114. The van der Waals surface area contributed by atoms with Crippen molar-refractivity contribution in [2.45, 2.75) is 11.8 Å². The van der Waals surface area contributed by atoms with E-state index in [1.54, 1.807) is 42.6 Å². The molecule has 0 atom stereocenters. The maximum atomic E-state index is 15.0. The number of rotatable bonds is 6. The van der Waals surface area contributed by atoms with Crippen molar-refractivity contribution in [1.29, 1.82) is 0 Å². The number of aromatic nitrogens is 2. The second-order valence-corrected chi connectivity index (χ2v) is 8.57. The van der Waals surface area contributed by atoms with Gasteiger partial charge in [-0.1, -0.05) is 0 Å². The molecule has 9 nitrogen and oxygen atoms in total. The van der Waals surface area contributed by atoms with Crippen LogP contribution < -0.4 is 20.9 Å². The number of carbonyl (C=O) groups excluding carboxylic acids is 2. The Hall–Kier alpha value is -3.70. The first-order valence-electron chi connectivity index (χ1n) is 10.9. The Balaban J connectivity index is 1.45. The fourth-order valence-electron chi connectivity index (χ4n) is 3.55. The molecule has 0 unspecified atom stereocenters. The monoisotopic (exact) mass is 496 g/mol. The molecule has 35 heavy (non-hydrogen) atoms. The molecule has 1 fully saturated rings. The number of ether oxygens (including phenoxy) is 1. The van der Waals surface area contributed by atoms with Crippen molar-refractivity contribution in [3.63, 3.8) is 0 Å². The average Bonchev–Trinajstić information content (AvgIpc) is 2.85. The molecule has 3 amide bonds. The van der Waals surface area contributed by atoms with Crippen molar-refractivity contribution in [3.8, 4) is 11.4 Å². The van der Waals surface area contributed by atoms with E-state index in [0.717, 1.165) is 10.7 Å². The van der Waals surface area contributed by atoms with Gasteiger partial charge in [-0.2, -0.15) is 0 Å². The van der Waals surface area contributed by atoms with Gasteiger partial charge in [-0.05, 0) is 48.7 Å². The number of amides is 3. The van der Waals surface area contributed by atoms with Gasteiger partial charge in [0.1, 0.15) is 11.6 Å². The molecule has 11 heteroatoms. The molecule has 2 aromatic carbocycles. The molecule has 0 aliphatic carbocycles. The summed E-state index contributed by atoms with van der Waals surface area (Å²) < 4.78 is 20.4. The maximum Gasteiger partial charge on any atom is 0.323 e. The van der Waals surface area contributed by atoms with E-state index in [0.29, 0.717) is 37.7 Å². The van der Waals surface area contributed by atoms with Gasteiger partial charge in [0, 0.05) is 43.3 Å². The van der Waals surface area contributed by atoms with Crippen LogP contribution in [-0.2, 0) is 9.53 Å². The molecule has 3 aromatic rings. The molecule has 0 bridgehead atoms. The molecular weight excluding hydrogens is 471 g/mol. The Bertz CT molecular complexity index is 1220. The van der Waals surface area contributed by atoms with Gasteiger partial charge in [-0.3, -0.25) is 4.79 Å². The third-order valence-corrected chi connectivity index (χ3v) is 5.93. The average molecular weight is 497 g/mol. The van der Waals surface area contributed by atoms with Gasteiger partial charge in [0.2, 0.25) is 5.91 Å². The van der Waals surface area contributed by atoms with Crippen molar-refractivity contribution in [2.75, 3.05) is 53.4 Å². The molecule has 0 spiro atoms. The summed E-state index contributed by atoms with van der Waals surface area (Å²) in [5.41, 5.74) is 1.66. The number of anilines is 4. The minimum atomic E-state index is -0.549. The molecular formula is C24H25FN6O3S. The molecule has 182 valence electrons. The molecule has 2 heterocycles. The normalized spacial score (nSPS) is 13.3. The Morgan fingerprint density at radius 1 is 1.00 bits per heavy atom. The van der Waals surface area contributed by atoms with Crippen molar-refractivity contribution < 1.29 is 18.7 Å². The Morgan fingerprint density at radius 3 is 2.26 bits per heavy atom. The summed E-state index contributed by atoms with van der Waals surface area (Å²) in [6.45, 7) is 4.06. The van der Waals surface area contributed by atoms with Crippen LogP contribution >= 0.6 is 11.8 Å². The van der Waals surface area contributed by atoms with Crippen LogP contribution in [0.5, 0.6) is 0 Å². The van der Waals surface area contributed by atoms with Crippen LogP contribution in [-0.4, -0.2) is 54.5 Å². The zero-order valence-corrected chi connectivity index (χ0v) is 20.1. The quantitative estimate of drug-likeness (QED) is 0.433. The summed E-state index contributed by atoms with van der Waals surface area (Å²) in [5.74, 6) is 0.303. The predicted octanol–water partition coefficient (Wildman–Crippen LogP) is 4.44. The van der Waals surface area contributed by atoms with Crippen molar-refractivity contribution in [1.82, 2.24) is 9.97 Å². The van der Waals surface area contributed by atoms with Gasteiger partial charge in [0.15, 0.2) is 5.82 Å². The highest BCUT2D eigenvalue weighted by molar-refractivity contribution is 7.98. The van der Waals surface area contributed by atoms with E-state index in [1.807, 2.05) is 6.26 Å². The summed E-state index contributed by atoms with van der Waals surface area (Å²) in [5, 5.41) is 7.93. The molecule has 1 aromatic heterocycles. The first kappa shape index (κ1) is 24.4. The van der Waals surface area contributed by atoms with Crippen LogP contribution in [0, 0.1) is 5.82 Å². The molecule has 3 N–H and O–H groups in total. The SMILES string of the molecule is CSc1cnc(-c2ccc(NC(=O)Nc3ccc(NC(C)=O)cc3)cc2F)nc1N1CCOCC1. The lowest BCUT2D eigenvalue weighted by Crippen LogP contribution is -2.37. The third kappa shape index (κ3) is 6.25. The Morgan fingerprint density at radius 2 is 1.63 bits per heavy atom. The first-order valence-corrected chi connectivity index (χ1v) is 12.1. The van der Waals surface area contributed by atoms with E-state index >= 15 is 0 Å². The van der Waals surface area contributed by atoms with E-state index in [4.69, 9.17) is 4.74 Å². The molecule has 0 saturated carbocycles. The number of hydrogen-bond acceptors (Lipinski definition) is 7. The van der Waals surface area contributed by atoms with Gasteiger partial charge in [0.05, 0.1) is 23.7 Å². The van der Waals surface area contributed by atoms with Crippen molar-refractivity contribution in [2.24, 2.45) is 0 Å². The highest BCUT2D eigenvalue weighted by Gasteiger charge is 2.19. The van der Waals surface area contributed by atoms with Gasteiger partial charge in [-0.15, -0.1) is 11.8 Å². The summed E-state index contributed by atoms with van der Waals surface area (Å²) >= 11 is 1.54. The number of halogens is 1. The van der Waals surface area contributed by atoms with Crippen LogP contribution in [0.25, 0.3) is 11.4 Å². The number of hydrogen-bond donors (Lipinski definition) is 3. The maximum absolute atomic E-state index is 15.0. The zero-order valence-electron chi connectivity index (χ0n) is 19.3. The standard InChI is InChI=1S/C24H25FN6O3S/c1-15(32)27-16-3-5-17(6-4-16)28-24(33)29-18-7-8-19(20(25)13-18)22-26-14-21(35-2)23(30-22)31-9-11-34-12-10-31/h3-8,13-14H,9-12H2,1-2H3,(H,27,32)(H2,28,29,33). The number of carbonyl (C=O) groups is 2. The predicted molar refractivity (Wildman–Crippen MR) is 136 cm³/mol. The lowest BCUT2D eigenvalue weighted by atomic mass is 10.1. The highest BCUT2D eigenvalue weighted by atomic mass is 32.2. The summed E-state index contributed by atoms with van der Waals surface area (Å²) in [6, 6.07) is 10.5. The molecule has 4 rings (SSSR count). The first-order chi connectivity index (χ1) is 16.9. The van der Waals surface area contributed by atoms with Crippen LogP contribution in [0.2, 0.25) is 0 Å². The second-order valence-electron chi connectivity index (χ2n) is 7.72. The number of nitrogens with zero attached hydrogens (tertiary/aromatic N) is 3. The minimum absolute atomic E-state index is 0.183. The fourth-order valence-corrected chi connectivity index (χ4v) is 4.06. The van der Waals surface area contributed by atoms with Crippen molar-refractivity contribution >= 4 is 46.6 Å². The van der Waals surface area contributed by atoms with Gasteiger partial charge >= 0.3 is 6.03 Å². The zero-order chi connectivity index (χ0) is 24.8. The van der Waals surface area contributed by atoms with E-state index < -0.39 is 11.8 Å². The number of morpholine rings is 1. The second kappa shape index (κ2) is 11.2. The van der Waals surface area contributed by atoms with E-state index in [1.165, 1.54) is 24.8 Å². The van der Waals surface area contributed by atoms with Crippen LogP contribution in [0.4, 0.5) is 32.1 Å². The summed E-state index contributed by atoms with van der Waals surface area (Å²) in [6.07, 6.45) is 3.65. The summed E-state index contributed by atoms with van der Waals surface area (Å²) in [4.78, 5) is 35.5. The Labute approximate surface area is 206 Å². The molecule has 1 aliphatic rings. The van der Waals surface area contributed by atoms with E-state index in [-0.39, 0.29) is 23.0 Å². The molecule has 1 aliphatic heterocycles. The smallest absolute Gasteiger partial charge is 0.323 e. The molecule has 0 radical (unpaired) electrons. The van der Waals surface area contributed by atoms with Crippen molar-refractivity contribution in [3.05, 3.63) is 54.5 Å².